The van der Waals surface area contributed by atoms with Gasteiger partial charge in [0, 0.05) is 19.3 Å². The van der Waals surface area contributed by atoms with Crippen molar-refractivity contribution < 1.29 is 12.9 Å². The zero-order valence-corrected chi connectivity index (χ0v) is 15.2. The molecule has 0 aliphatic heterocycles. The molecule has 3 aromatic rings. The van der Waals surface area contributed by atoms with Gasteiger partial charge in [-0.3, -0.25) is 9.20 Å². The highest BCUT2D eigenvalue weighted by molar-refractivity contribution is 7.89. The number of fused-ring (bicyclic) bond motifs is 1. The fraction of sp³-hybridized carbons (Fsp3) is 0.312. The van der Waals surface area contributed by atoms with Gasteiger partial charge in [0.1, 0.15) is 16.2 Å². The Morgan fingerprint density at radius 3 is 2.60 bits per heavy atom. The first kappa shape index (κ1) is 17.3. The van der Waals surface area contributed by atoms with E-state index in [9.17, 15) is 13.2 Å². The molecule has 0 radical (unpaired) electrons. The fourth-order valence-corrected chi connectivity index (χ4v) is 4.07. The molecule has 0 aliphatic carbocycles. The molecular weight excluding hydrogens is 344 g/mol. The second-order valence-electron chi connectivity index (χ2n) is 5.93. The molecule has 0 unspecified atom stereocenters. The summed E-state index contributed by atoms with van der Waals surface area (Å²) in [6.45, 7) is 4.98. The lowest BCUT2D eigenvalue weighted by atomic mass is 10.3. The lowest BCUT2D eigenvalue weighted by Gasteiger charge is -2.16. The van der Waals surface area contributed by atoms with Crippen molar-refractivity contribution in [2.75, 3.05) is 7.05 Å². The first-order valence-electron chi connectivity index (χ1n) is 7.58. The quantitative estimate of drug-likeness (QED) is 0.696. The van der Waals surface area contributed by atoms with Gasteiger partial charge in [0.05, 0.1) is 12.2 Å². The largest absolute Gasteiger partial charge is 0.360 e. The van der Waals surface area contributed by atoms with Gasteiger partial charge >= 0.3 is 0 Å². The average Bonchev–Trinajstić information content (AvgIpc) is 2.86. The summed E-state index contributed by atoms with van der Waals surface area (Å²) in [5, 5.41) is 3.69. The maximum Gasteiger partial charge on any atom is 0.258 e. The minimum atomic E-state index is -3.80. The van der Waals surface area contributed by atoms with E-state index in [1.807, 2.05) is 13.0 Å². The number of hydrogen-bond acceptors (Lipinski definition) is 6. The number of nitrogens with zero attached hydrogens (tertiary/aromatic N) is 4. The third-order valence-electron chi connectivity index (χ3n) is 3.90. The Morgan fingerprint density at radius 2 is 1.96 bits per heavy atom. The van der Waals surface area contributed by atoms with Crippen molar-refractivity contribution >= 4 is 15.7 Å². The summed E-state index contributed by atoms with van der Waals surface area (Å²) in [7, 11) is -2.37. The summed E-state index contributed by atoms with van der Waals surface area (Å²) < 4.78 is 33.0. The van der Waals surface area contributed by atoms with Crippen LogP contribution >= 0.6 is 0 Å². The Kier molecular flexibility index (Phi) is 4.21. The maximum absolute atomic E-state index is 12.8. The minimum Gasteiger partial charge on any atom is -0.360 e. The summed E-state index contributed by atoms with van der Waals surface area (Å²) >= 11 is 0. The van der Waals surface area contributed by atoms with Crippen LogP contribution in [-0.2, 0) is 16.6 Å². The summed E-state index contributed by atoms with van der Waals surface area (Å²) in [4.78, 5) is 16.6. The topological polar surface area (TPSA) is 97.8 Å². The summed E-state index contributed by atoms with van der Waals surface area (Å²) in [6.07, 6.45) is 1.65. The summed E-state index contributed by atoms with van der Waals surface area (Å²) in [5.41, 5.74) is 1.84. The Balaban J connectivity index is 1.99. The van der Waals surface area contributed by atoms with Gasteiger partial charge in [-0.05, 0) is 38.5 Å². The van der Waals surface area contributed by atoms with E-state index in [1.165, 1.54) is 17.5 Å². The number of aromatic nitrogens is 3. The van der Waals surface area contributed by atoms with Gasteiger partial charge in [0.25, 0.3) is 5.56 Å². The normalized spacial score (nSPS) is 12.2. The van der Waals surface area contributed by atoms with Crippen LogP contribution in [0.1, 0.15) is 22.7 Å². The number of hydrogen-bond donors (Lipinski definition) is 0. The van der Waals surface area contributed by atoms with E-state index >= 15 is 0 Å². The molecule has 0 bridgehead atoms. The van der Waals surface area contributed by atoms with Gasteiger partial charge in [0.2, 0.25) is 10.0 Å². The highest BCUT2D eigenvalue weighted by Gasteiger charge is 2.29. The highest BCUT2D eigenvalue weighted by Crippen LogP contribution is 2.23. The van der Waals surface area contributed by atoms with Gasteiger partial charge in [-0.25, -0.2) is 13.4 Å². The molecule has 8 nitrogen and oxygen atoms in total. The molecule has 0 amide bonds. The van der Waals surface area contributed by atoms with Gasteiger partial charge in [0.15, 0.2) is 5.76 Å². The molecule has 132 valence electrons. The molecule has 0 fully saturated rings. The number of rotatable bonds is 4. The molecule has 0 aromatic carbocycles. The average molecular weight is 362 g/mol. The van der Waals surface area contributed by atoms with Crippen LogP contribution in [-0.4, -0.2) is 34.3 Å². The number of sulfonamides is 1. The van der Waals surface area contributed by atoms with Gasteiger partial charge in [-0.2, -0.15) is 4.31 Å². The van der Waals surface area contributed by atoms with Gasteiger partial charge in [-0.1, -0.05) is 5.16 Å². The predicted octanol–water partition coefficient (Wildman–Crippen LogP) is 1.43. The van der Waals surface area contributed by atoms with Crippen molar-refractivity contribution in [3.05, 3.63) is 57.5 Å². The third-order valence-corrected chi connectivity index (χ3v) is 5.95. The van der Waals surface area contributed by atoms with Crippen LogP contribution in [0.3, 0.4) is 0 Å². The minimum absolute atomic E-state index is 0.0356. The van der Waals surface area contributed by atoms with E-state index in [-0.39, 0.29) is 22.8 Å². The van der Waals surface area contributed by atoms with Crippen molar-refractivity contribution in [2.45, 2.75) is 32.2 Å². The number of aryl methyl sites for hydroxylation is 3. The lowest BCUT2D eigenvalue weighted by molar-refractivity contribution is 0.389. The van der Waals surface area contributed by atoms with Crippen LogP contribution in [0, 0.1) is 20.8 Å². The van der Waals surface area contributed by atoms with Crippen molar-refractivity contribution in [2.24, 2.45) is 0 Å². The third kappa shape index (κ3) is 3.08. The standard InChI is InChI=1S/C16H18N4O4S/c1-10-5-6-20-14(7-10)17-13(8-15(20)21)9-19(4)25(22,23)16-11(2)18-24-12(16)3/h5-8H,9H2,1-4H3. The SMILES string of the molecule is Cc1ccn2c(=O)cc(CN(C)S(=O)(=O)c3c(C)noc3C)nc2c1. The Labute approximate surface area is 144 Å². The smallest absolute Gasteiger partial charge is 0.258 e. The maximum atomic E-state index is 12.8. The molecule has 3 rings (SSSR count). The molecule has 25 heavy (non-hydrogen) atoms. The second-order valence-corrected chi connectivity index (χ2v) is 7.91. The molecule has 0 N–H and O–H groups in total. The van der Waals surface area contributed by atoms with Crippen molar-refractivity contribution in [3.8, 4) is 0 Å². The van der Waals surface area contributed by atoms with Crippen LogP contribution in [0.15, 0.2) is 38.6 Å². The molecular formula is C16H18N4O4S. The van der Waals surface area contributed by atoms with Crippen molar-refractivity contribution in [1.82, 2.24) is 18.8 Å². The molecule has 0 saturated carbocycles. The molecule has 0 aliphatic rings. The Hall–Kier alpha value is -2.52. The predicted molar refractivity (Wildman–Crippen MR) is 90.8 cm³/mol. The van der Waals surface area contributed by atoms with E-state index in [2.05, 4.69) is 10.1 Å². The fourth-order valence-electron chi connectivity index (χ4n) is 2.65. The molecule has 3 aromatic heterocycles. The summed E-state index contributed by atoms with van der Waals surface area (Å²) in [5.74, 6) is 0.228. The van der Waals surface area contributed by atoms with Crippen molar-refractivity contribution in [1.29, 1.82) is 0 Å². The second kappa shape index (κ2) is 6.08. The van der Waals surface area contributed by atoms with Crippen molar-refractivity contribution in [3.63, 3.8) is 0 Å². The Morgan fingerprint density at radius 1 is 1.24 bits per heavy atom. The van der Waals surface area contributed by atoms with Crippen LogP contribution in [0.2, 0.25) is 0 Å². The zero-order chi connectivity index (χ0) is 18.4. The molecule has 0 spiro atoms. The lowest BCUT2D eigenvalue weighted by Crippen LogP contribution is -2.28. The first-order valence-corrected chi connectivity index (χ1v) is 9.02. The first-order chi connectivity index (χ1) is 11.7. The van der Waals surface area contributed by atoms with E-state index in [0.29, 0.717) is 17.0 Å². The van der Waals surface area contributed by atoms with E-state index < -0.39 is 10.0 Å². The molecule has 3 heterocycles. The number of pyridine rings is 1. The van der Waals surface area contributed by atoms with E-state index in [4.69, 9.17) is 4.52 Å². The molecule has 9 heteroatoms. The zero-order valence-electron chi connectivity index (χ0n) is 14.3. The van der Waals surface area contributed by atoms with Gasteiger partial charge in [-0.15, -0.1) is 0 Å². The van der Waals surface area contributed by atoms with Crippen LogP contribution in [0.5, 0.6) is 0 Å². The van der Waals surface area contributed by atoms with Gasteiger partial charge < -0.3 is 4.52 Å². The Bertz CT molecular complexity index is 1100. The van der Waals surface area contributed by atoms with E-state index in [0.717, 1.165) is 9.87 Å². The van der Waals surface area contributed by atoms with E-state index in [1.54, 1.807) is 26.1 Å². The van der Waals surface area contributed by atoms with Crippen LogP contribution in [0.25, 0.3) is 5.65 Å². The monoisotopic (exact) mass is 362 g/mol. The summed E-state index contributed by atoms with van der Waals surface area (Å²) in [6, 6.07) is 4.92. The molecule has 0 atom stereocenters. The van der Waals surface area contributed by atoms with Crippen LogP contribution in [0.4, 0.5) is 0 Å². The van der Waals surface area contributed by atoms with Crippen LogP contribution < -0.4 is 5.56 Å². The highest BCUT2D eigenvalue weighted by atomic mass is 32.2. The molecule has 0 saturated heterocycles.